The quantitative estimate of drug-likeness (QED) is 0.671. The van der Waals surface area contributed by atoms with Crippen LogP contribution in [-0.2, 0) is 0 Å². The molecule has 0 unspecified atom stereocenters. The number of aryl methyl sites for hydroxylation is 1. The average molecular weight is 320 g/mol. The maximum absolute atomic E-state index is 5.84. The second-order valence-corrected chi connectivity index (χ2v) is 5.18. The first kappa shape index (κ1) is 14.0. The first-order valence-electron chi connectivity index (χ1n) is 6.32. The van der Waals surface area contributed by atoms with Crippen molar-refractivity contribution in [3.8, 4) is 11.4 Å². The molecule has 0 saturated heterocycles. The van der Waals surface area contributed by atoms with Crippen LogP contribution in [-0.4, -0.2) is 15.0 Å². The molecule has 0 aliphatic rings. The molecule has 0 aliphatic carbocycles. The van der Waals surface area contributed by atoms with E-state index in [0.29, 0.717) is 5.82 Å². The molecule has 6 heteroatoms. The predicted molar refractivity (Wildman–Crippen MR) is 84.5 cm³/mol. The zero-order chi connectivity index (χ0) is 15.0. The highest BCUT2D eigenvalue weighted by Crippen LogP contribution is 2.30. The van der Waals surface area contributed by atoms with E-state index < -0.39 is 0 Å². The summed E-state index contributed by atoms with van der Waals surface area (Å²) in [6, 6.07) is 5.76. The Morgan fingerprint density at radius 1 is 1.10 bits per heavy atom. The van der Waals surface area contributed by atoms with Gasteiger partial charge in [-0.3, -0.25) is 0 Å². The van der Waals surface area contributed by atoms with Gasteiger partial charge in [-0.2, -0.15) is 15.0 Å². The summed E-state index contributed by atoms with van der Waals surface area (Å²) in [6.45, 7) is 3.98. The lowest BCUT2D eigenvalue weighted by atomic mass is 10.1. The molecule has 2 aromatic heterocycles. The molecule has 0 N–H and O–H groups in total. The van der Waals surface area contributed by atoms with Gasteiger partial charge < -0.3 is 4.42 Å². The number of fused-ring (bicyclic) bond motifs is 1. The van der Waals surface area contributed by atoms with Crippen LogP contribution in [0.4, 0.5) is 0 Å². The van der Waals surface area contributed by atoms with Crippen molar-refractivity contribution in [1.29, 1.82) is 0 Å². The summed E-state index contributed by atoms with van der Waals surface area (Å²) in [7, 11) is 0. The maximum atomic E-state index is 5.84. The number of halogens is 2. The number of furan rings is 1. The molecule has 21 heavy (non-hydrogen) atoms. The van der Waals surface area contributed by atoms with Crippen molar-refractivity contribution in [2.75, 3.05) is 0 Å². The van der Waals surface area contributed by atoms with Gasteiger partial charge >= 0.3 is 0 Å². The zero-order valence-corrected chi connectivity index (χ0v) is 12.9. The van der Waals surface area contributed by atoms with Gasteiger partial charge in [-0.05, 0) is 49.2 Å². The number of nitrogens with zero attached hydrogens (tertiary/aromatic N) is 3. The molecule has 2 heterocycles. The summed E-state index contributed by atoms with van der Waals surface area (Å²) < 4.78 is 5.84. The summed E-state index contributed by atoms with van der Waals surface area (Å²) in [4.78, 5) is 11.9. The minimum atomic E-state index is 0.0651. The van der Waals surface area contributed by atoms with Crippen molar-refractivity contribution >= 4 is 40.2 Å². The monoisotopic (exact) mass is 319 g/mol. The number of hydrogen-bond donors (Lipinski definition) is 0. The lowest BCUT2D eigenvalue weighted by molar-refractivity contribution is 0.601. The third-order valence-corrected chi connectivity index (χ3v) is 3.47. The number of allylic oxidation sites excluding steroid dienone is 1. The van der Waals surface area contributed by atoms with Crippen molar-refractivity contribution in [3.63, 3.8) is 0 Å². The lowest BCUT2D eigenvalue weighted by Crippen LogP contribution is -1.93. The van der Waals surface area contributed by atoms with Crippen LogP contribution < -0.4 is 0 Å². The number of hydrogen-bond acceptors (Lipinski definition) is 4. The van der Waals surface area contributed by atoms with Gasteiger partial charge in [-0.1, -0.05) is 18.2 Å². The Hall–Kier alpha value is -1.91. The third-order valence-electron chi connectivity index (χ3n) is 3.13. The summed E-state index contributed by atoms with van der Waals surface area (Å²) in [5, 5.41) is 1.18. The molecule has 0 spiro atoms. The normalized spacial score (nSPS) is 11.6. The average Bonchev–Trinajstić information content (AvgIpc) is 2.74. The molecule has 1 aromatic carbocycles. The maximum Gasteiger partial charge on any atom is 0.227 e. The minimum Gasteiger partial charge on any atom is -0.456 e. The van der Waals surface area contributed by atoms with Crippen molar-refractivity contribution in [2.45, 2.75) is 13.8 Å². The largest absolute Gasteiger partial charge is 0.456 e. The van der Waals surface area contributed by atoms with E-state index in [1.807, 2.05) is 44.2 Å². The van der Waals surface area contributed by atoms with Gasteiger partial charge in [0.1, 0.15) is 11.3 Å². The fraction of sp³-hybridized carbons (Fsp3) is 0.133. The molecule has 0 atom stereocenters. The topological polar surface area (TPSA) is 51.8 Å². The highest BCUT2D eigenvalue weighted by atomic mass is 35.5. The smallest absolute Gasteiger partial charge is 0.227 e. The van der Waals surface area contributed by atoms with Crippen molar-refractivity contribution < 1.29 is 4.42 Å². The second kappa shape index (κ2) is 5.47. The van der Waals surface area contributed by atoms with Gasteiger partial charge in [0.05, 0.1) is 0 Å². The Labute approximate surface area is 131 Å². The Bertz CT molecular complexity index is 835. The summed E-state index contributed by atoms with van der Waals surface area (Å²) >= 11 is 11.6. The molecule has 106 valence electrons. The molecular formula is C15H11Cl2N3O. The lowest BCUT2D eigenvalue weighted by Gasteiger charge is -2.00. The number of benzene rings is 1. The molecule has 0 saturated carbocycles. The number of rotatable bonds is 2. The highest BCUT2D eigenvalue weighted by Gasteiger charge is 2.11. The van der Waals surface area contributed by atoms with Gasteiger partial charge in [-0.25, -0.2) is 0 Å². The molecule has 0 fully saturated rings. The first-order valence-corrected chi connectivity index (χ1v) is 7.07. The minimum absolute atomic E-state index is 0.0651. The predicted octanol–water partition coefficient (Wildman–Crippen LogP) is 4.93. The Morgan fingerprint density at radius 2 is 1.81 bits per heavy atom. The SMILES string of the molecule is C/C=C\c1oc2cc(-c3nc(Cl)nc(Cl)n3)ccc2c1C. The van der Waals surface area contributed by atoms with Crippen LogP contribution in [0.3, 0.4) is 0 Å². The van der Waals surface area contributed by atoms with Crippen molar-refractivity contribution in [3.05, 3.63) is 46.2 Å². The Kier molecular flexibility index (Phi) is 3.66. The fourth-order valence-electron chi connectivity index (χ4n) is 2.15. The van der Waals surface area contributed by atoms with Gasteiger partial charge in [0.2, 0.25) is 10.6 Å². The molecule has 0 amide bonds. The van der Waals surface area contributed by atoms with Crippen LogP contribution in [0, 0.1) is 6.92 Å². The molecule has 3 rings (SSSR count). The van der Waals surface area contributed by atoms with Crippen LogP contribution in [0.5, 0.6) is 0 Å². The summed E-state index contributed by atoms with van der Waals surface area (Å²) in [5.41, 5.74) is 2.64. The van der Waals surface area contributed by atoms with Crippen LogP contribution in [0.25, 0.3) is 28.4 Å². The zero-order valence-electron chi connectivity index (χ0n) is 11.4. The van der Waals surface area contributed by atoms with Crippen LogP contribution in [0.1, 0.15) is 18.2 Å². The highest BCUT2D eigenvalue weighted by molar-refractivity contribution is 6.31. The van der Waals surface area contributed by atoms with E-state index in [1.54, 1.807) is 0 Å². The van der Waals surface area contributed by atoms with E-state index in [0.717, 1.165) is 27.9 Å². The summed E-state index contributed by atoms with van der Waals surface area (Å²) in [5.74, 6) is 1.26. The fourth-order valence-corrected chi connectivity index (χ4v) is 2.51. The van der Waals surface area contributed by atoms with Crippen molar-refractivity contribution in [2.24, 2.45) is 0 Å². The van der Waals surface area contributed by atoms with Gasteiger partial charge in [0.15, 0.2) is 5.82 Å². The van der Waals surface area contributed by atoms with Gasteiger partial charge in [0.25, 0.3) is 0 Å². The van der Waals surface area contributed by atoms with E-state index in [2.05, 4.69) is 15.0 Å². The first-order chi connectivity index (χ1) is 10.1. The summed E-state index contributed by atoms with van der Waals surface area (Å²) in [6.07, 6.45) is 3.88. The van der Waals surface area contributed by atoms with E-state index in [4.69, 9.17) is 27.6 Å². The molecular weight excluding hydrogens is 309 g/mol. The molecule has 0 bridgehead atoms. The molecule has 0 aliphatic heterocycles. The Balaban J connectivity index is 2.16. The molecule has 4 nitrogen and oxygen atoms in total. The molecule has 3 aromatic rings. The van der Waals surface area contributed by atoms with Crippen LogP contribution in [0.15, 0.2) is 28.7 Å². The third kappa shape index (κ3) is 2.64. The van der Waals surface area contributed by atoms with Gasteiger partial charge in [-0.15, -0.1) is 0 Å². The van der Waals surface area contributed by atoms with E-state index in [-0.39, 0.29) is 10.6 Å². The van der Waals surface area contributed by atoms with E-state index >= 15 is 0 Å². The van der Waals surface area contributed by atoms with E-state index in [9.17, 15) is 0 Å². The van der Waals surface area contributed by atoms with Crippen LogP contribution in [0.2, 0.25) is 10.6 Å². The molecule has 0 radical (unpaired) electrons. The van der Waals surface area contributed by atoms with Crippen molar-refractivity contribution in [1.82, 2.24) is 15.0 Å². The standard InChI is InChI=1S/C15H11Cl2N3O/c1-3-4-11-8(2)10-6-5-9(7-12(10)21-11)13-18-14(16)20-15(17)19-13/h3-7H,1-2H3/b4-3-. The second-order valence-electron chi connectivity index (χ2n) is 4.50. The Morgan fingerprint density at radius 3 is 2.48 bits per heavy atom. The van der Waals surface area contributed by atoms with Gasteiger partial charge in [0, 0.05) is 16.5 Å². The van der Waals surface area contributed by atoms with E-state index in [1.165, 1.54) is 0 Å². The number of aromatic nitrogens is 3. The van der Waals surface area contributed by atoms with Crippen LogP contribution >= 0.6 is 23.2 Å².